The number of phenols is 1. The third kappa shape index (κ3) is 5.20. The Bertz CT molecular complexity index is 1310. The number of carbonyl (C=O) groups is 1. The molecule has 198 valence electrons. The van der Waals surface area contributed by atoms with E-state index in [1.54, 1.807) is 25.3 Å². The Morgan fingerprint density at radius 1 is 0.947 bits per heavy atom. The molecule has 7 nitrogen and oxygen atoms in total. The number of ketones is 1. The molecule has 7 heteroatoms. The average molecular weight is 514 g/mol. The van der Waals surface area contributed by atoms with Crippen molar-refractivity contribution in [3.63, 3.8) is 0 Å². The first-order valence-corrected chi connectivity index (χ1v) is 13.3. The van der Waals surface area contributed by atoms with Crippen LogP contribution in [0.15, 0.2) is 66.4 Å². The molecule has 2 aliphatic rings. The summed E-state index contributed by atoms with van der Waals surface area (Å²) in [6.45, 7) is 10.1. The fourth-order valence-corrected chi connectivity index (χ4v) is 5.15. The summed E-state index contributed by atoms with van der Waals surface area (Å²) in [5, 5.41) is 10.7. The Morgan fingerprint density at radius 2 is 1.63 bits per heavy atom. The van der Waals surface area contributed by atoms with Crippen LogP contribution in [0.25, 0.3) is 6.08 Å². The van der Waals surface area contributed by atoms with E-state index in [0.717, 1.165) is 56.3 Å². The number of nitrogens with zero attached hydrogens (tertiary/aromatic N) is 3. The van der Waals surface area contributed by atoms with Gasteiger partial charge in [0.05, 0.1) is 18.2 Å². The molecule has 38 heavy (non-hydrogen) atoms. The highest BCUT2D eigenvalue weighted by atomic mass is 16.5. The third-order valence-electron chi connectivity index (χ3n) is 7.43. The molecule has 5 rings (SSSR count). The first-order valence-electron chi connectivity index (χ1n) is 13.3. The van der Waals surface area contributed by atoms with Crippen LogP contribution >= 0.6 is 0 Å². The van der Waals surface area contributed by atoms with Crippen LogP contribution in [0.3, 0.4) is 0 Å². The van der Waals surface area contributed by atoms with E-state index in [-0.39, 0.29) is 17.3 Å². The van der Waals surface area contributed by atoms with Gasteiger partial charge >= 0.3 is 0 Å². The summed E-state index contributed by atoms with van der Waals surface area (Å²) in [6, 6.07) is 19.5. The zero-order valence-electron chi connectivity index (χ0n) is 22.3. The van der Waals surface area contributed by atoms with Crippen molar-refractivity contribution >= 4 is 23.2 Å². The number of anilines is 2. The summed E-state index contributed by atoms with van der Waals surface area (Å²) in [4.78, 5) is 20.1. The second-order valence-electron chi connectivity index (χ2n) is 9.60. The Balaban J connectivity index is 1.28. The molecule has 0 amide bonds. The molecule has 1 fully saturated rings. The number of methoxy groups -OCH3 is 1. The van der Waals surface area contributed by atoms with Gasteiger partial charge in [-0.2, -0.15) is 0 Å². The second-order valence-corrected chi connectivity index (χ2v) is 9.60. The molecule has 0 aliphatic carbocycles. The largest absolute Gasteiger partial charge is 0.507 e. The van der Waals surface area contributed by atoms with Gasteiger partial charge in [-0.25, -0.2) is 0 Å². The minimum Gasteiger partial charge on any atom is -0.507 e. The number of hydrogen-bond acceptors (Lipinski definition) is 7. The van der Waals surface area contributed by atoms with E-state index in [2.05, 4.69) is 52.8 Å². The molecule has 0 aromatic heterocycles. The first-order chi connectivity index (χ1) is 18.5. The van der Waals surface area contributed by atoms with E-state index in [1.165, 1.54) is 5.69 Å². The fraction of sp³-hybridized carbons (Fsp3) is 0.323. The fourth-order valence-electron chi connectivity index (χ4n) is 5.15. The number of fused-ring (bicyclic) bond motifs is 1. The summed E-state index contributed by atoms with van der Waals surface area (Å²) in [5.41, 5.74) is 4.38. The smallest absolute Gasteiger partial charge is 0.231 e. The van der Waals surface area contributed by atoms with Gasteiger partial charge in [-0.1, -0.05) is 12.1 Å². The van der Waals surface area contributed by atoms with Gasteiger partial charge in [-0.05, 0) is 74.0 Å². The lowest BCUT2D eigenvalue weighted by Crippen LogP contribution is -2.46. The van der Waals surface area contributed by atoms with Crippen LogP contribution in [0.1, 0.15) is 35.3 Å². The molecule has 1 N–H and O–H groups in total. The lowest BCUT2D eigenvalue weighted by molar-refractivity contribution is 0.101. The summed E-state index contributed by atoms with van der Waals surface area (Å²) < 4.78 is 11.4. The van der Waals surface area contributed by atoms with Crippen LogP contribution in [0.2, 0.25) is 0 Å². The van der Waals surface area contributed by atoms with Gasteiger partial charge in [-0.15, -0.1) is 0 Å². The zero-order chi connectivity index (χ0) is 26.6. The van der Waals surface area contributed by atoms with Gasteiger partial charge in [0.2, 0.25) is 5.78 Å². The summed E-state index contributed by atoms with van der Waals surface area (Å²) in [5.74, 6) is 1.60. The molecule has 0 spiro atoms. The van der Waals surface area contributed by atoms with E-state index < -0.39 is 0 Å². The number of piperazine rings is 1. The molecule has 2 aliphatic heterocycles. The predicted molar refractivity (Wildman–Crippen MR) is 152 cm³/mol. The minimum atomic E-state index is -0.154. The third-order valence-corrected chi connectivity index (χ3v) is 7.43. The van der Waals surface area contributed by atoms with E-state index in [4.69, 9.17) is 9.47 Å². The molecule has 1 saturated heterocycles. The van der Waals surface area contributed by atoms with Crippen LogP contribution in [0.4, 0.5) is 11.4 Å². The molecule has 2 heterocycles. The highest BCUT2D eigenvalue weighted by Crippen LogP contribution is 2.40. The quantitative estimate of drug-likeness (QED) is 0.416. The number of ether oxygens (including phenoxy) is 2. The molecule has 0 bridgehead atoms. The lowest BCUT2D eigenvalue weighted by Gasteiger charge is -2.36. The number of benzene rings is 3. The van der Waals surface area contributed by atoms with E-state index in [1.807, 2.05) is 24.3 Å². The van der Waals surface area contributed by atoms with Crippen molar-refractivity contribution in [1.82, 2.24) is 4.90 Å². The van der Waals surface area contributed by atoms with Crippen molar-refractivity contribution in [3.8, 4) is 17.2 Å². The molecule has 3 aromatic rings. The van der Waals surface area contributed by atoms with Gasteiger partial charge < -0.3 is 24.4 Å². The van der Waals surface area contributed by atoms with Crippen LogP contribution < -0.4 is 19.3 Å². The van der Waals surface area contributed by atoms with Crippen LogP contribution in [0.5, 0.6) is 17.2 Å². The summed E-state index contributed by atoms with van der Waals surface area (Å²) in [7, 11) is 1.67. The van der Waals surface area contributed by atoms with Crippen LogP contribution in [0, 0.1) is 0 Å². The molecule has 3 aromatic carbocycles. The molecular formula is C31H35N3O4. The van der Waals surface area contributed by atoms with Crippen molar-refractivity contribution in [2.45, 2.75) is 20.4 Å². The van der Waals surface area contributed by atoms with Crippen molar-refractivity contribution in [2.24, 2.45) is 0 Å². The van der Waals surface area contributed by atoms with E-state index in [9.17, 15) is 9.90 Å². The van der Waals surface area contributed by atoms with Gasteiger partial charge in [-0.3, -0.25) is 9.69 Å². The lowest BCUT2D eigenvalue weighted by atomic mass is 10.0. The number of carbonyl (C=O) groups excluding carboxylic acids is 1. The van der Waals surface area contributed by atoms with Crippen molar-refractivity contribution < 1.29 is 19.4 Å². The van der Waals surface area contributed by atoms with Crippen molar-refractivity contribution in [2.75, 3.05) is 56.2 Å². The average Bonchev–Trinajstić information content (AvgIpc) is 3.27. The van der Waals surface area contributed by atoms with E-state index >= 15 is 0 Å². The topological polar surface area (TPSA) is 65.5 Å². The Hall–Kier alpha value is -3.97. The monoisotopic (exact) mass is 513 g/mol. The normalized spacial score (nSPS) is 16.4. The molecular weight excluding hydrogens is 478 g/mol. The van der Waals surface area contributed by atoms with Crippen LogP contribution in [-0.4, -0.2) is 62.2 Å². The zero-order valence-corrected chi connectivity index (χ0v) is 22.3. The number of phenolic OH excluding ortho intramolecular Hbond substituents is 1. The van der Waals surface area contributed by atoms with Gasteiger partial charge in [0.1, 0.15) is 17.2 Å². The Morgan fingerprint density at radius 3 is 2.26 bits per heavy atom. The van der Waals surface area contributed by atoms with Crippen molar-refractivity contribution in [1.29, 1.82) is 0 Å². The SMILES string of the molecule is CCN(CC)c1ccc(/C=C2/Oc3c(ccc(O)c3CN3CCN(c4ccc(OC)cc4)CC3)C2=O)cc1. The molecule has 0 atom stereocenters. The first kappa shape index (κ1) is 25.7. The molecule has 0 saturated carbocycles. The maximum Gasteiger partial charge on any atom is 0.231 e. The highest BCUT2D eigenvalue weighted by Gasteiger charge is 2.32. The summed E-state index contributed by atoms with van der Waals surface area (Å²) >= 11 is 0. The van der Waals surface area contributed by atoms with Gasteiger partial charge in [0, 0.05) is 57.2 Å². The van der Waals surface area contributed by atoms with Crippen LogP contribution in [-0.2, 0) is 6.54 Å². The number of hydrogen-bond donors (Lipinski definition) is 1. The van der Waals surface area contributed by atoms with Gasteiger partial charge in [0.25, 0.3) is 0 Å². The standard InChI is InChI=1S/C31H35N3O4/c1-4-33(5-2)23-8-6-22(7-9-23)20-29-30(36)26-14-15-28(35)27(31(26)38-29)21-32-16-18-34(19-17-32)24-10-12-25(37-3)13-11-24/h6-15,20,35H,4-5,16-19,21H2,1-3H3/b29-20+. The number of Topliss-reactive ketones (excluding diaryl/α,β-unsaturated/α-hetero) is 1. The second kappa shape index (κ2) is 11.2. The number of allylic oxidation sites excluding steroid dienone is 1. The van der Waals surface area contributed by atoms with Gasteiger partial charge in [0.15, 0.2) is 5.76 Å². The predicted octanol–water partition coefficient (Wildman–Crippen LogP) is 5.19. The summed E-state index contributed by atoms with van der Waals surface area (Å²) in [6.07, 6.45) is 1.78. The maximum absolute atomic E-state index is 13.2. The number of rotatable bonds is 8. The maximum atomic E-state index is 13.2. The number of aromatic hydroxyl groups is 1. The molecule has 0 unspecified atom stereocenters. The van der Waals surface area contributed by atoms with Crippen molar-refractivity contribution in [3.05, 3.63) is 83.1 Å². The Labute approximate surface area is 224 Å². The van der Waals surface area contributed by atoms with E-state index in [0.29, 0.717) is 23.4 Å². The highest BCUT2D eigenvalue weighted by molar-refractivity contribution is 6.15. The Kier molecular flexibility index (Phi) is 7.56. The minimum absolute atomic E-state index is 0.152. The molecule has 0 radical (unpaired) electrons.